The summed E-state index contributed by atoms with van der Waals surface area (Å²) in [7, 11) is 2.14. The topological polar surface area (TPSA) is 86.5 Å². The van der Waals surface area contributed by atoms with E-state index in [0.717, 1.165) is 50.5 Å². The van der Waals surface area contributed by atoms with E-state index in [1.165, 1.54) is 0 Å². The molecule has 1 N–H and O–H groups in total. The van der Waals surface area contributed by atoms with Crippen LogP contribution in [0.15, 0.2) is 112 Å². The molecule has 10 rings (SSSR count). The quantitative estimate of drug-likeness (QED) is 0.141. The molecule has 4 aromatic heterocycles. The molecule has 5 heterocycles. The molecule has 0 amide bonds. The van der Waals surface area contributed by atoms with E-state index in [4.69, 9.17) is 23.5 Å². The number of phenolic OH excluding ortho intramolecular Hbond substituents is 1. The molecule has 0 fully saturated rings. The van der Waals surface area contributed by atoms with Gasteiger partial charge in [-0.05, 0) is 46.7 Å². The zero-order chi connectivity index (χ0) is 33.2. The minimum Gasteiger partial charge on any atom is -0.513 e. The van der Waals surface area contributed by atoms with Gasteiger partial charge in [0.25, 0.3) is 0 Å². The molecule has 248 valence electrons. The Labute approximate surface area is 301 Å². The number of benzene rings is 5. The molecule has 0 aliphatic carbocycles. The summed E-state index contributed by atoms with van der Waals surface area (Å²) >= 11 is 0. The van der Waals surface area contributed by atoms with Crippen LogP contribution in [0.3, 0.4) is 0 Å². The van der Waals surface area contributed by atoms with Crippen LogP contribution in [0.25, 0.3) is 60.6 Å². The van der Waals surface area contributed by atoms with Gasteiger partial charge in [0.05, 0.1) is 23.7 Å². The summed E-state index contributed by atoms with van der Waals surface area (Å²) < 4.78 is 21.3. The Kier molecular flexibility index (Phi) is 6.45. The number of para-hydroxylation sites is 5. The van der Waals surface area contributed by atoms with E-state index in [1.54, 1.807) is 0 Å². The molecule has 9 heteroatoms. The van der Waals surface area contributed by atoms with Crippen molar-refractivity contribution in [2.75, 3.05) is 7.05 Å². The fourth-order valence-corrected chi connectivity index (χ4v) is 7.28. The van der Waals surface area contributed by atoms with Gasteiger partial charge >= 0.3 is 5.95 Å². The van der Waals surface area contributed by atoms with Crippen molar-refractivity contribution >= 4 is 72.4 Å². The summed E-state index contributed by atoms with van der Waals surface area (Å²) in [5, 5.41) is 14.3. The smallest absolute Gasteiger partial charge is 0.326 e. The van der Waals surface area contributed by atoms with Crippen molar-refractivity contribution in [2.24, 2.45) is 0 Å². The van der Waals surface area contributed by atoms with Crippen LogP contribution in [0.5, 0.6) is 17.4 Å². The number of hydrogen-bond donors (Lipinski definition) is 1. The number of quaternary nitrogens is 1. The number of furan rings is 2. The number of fused-ring (bicyclic) bond motifs is 11. The van der Waals surface area contributed by atoms with E-state index in [1.807, 2.05) is 66.7 Å². The van der Waals surface area contributed by atoms with Crippen LogP contribution in [0.4, 0.5) is 17.5 Å². The van der Waals surface area contributed by atoms with Crippen LogP contribution in [0, 0.1) is 6.07 Å². The molecule has 0 saturated heterocycles. The monoisotopic (exact) mass is 837 g/mol. The standard InChI is InChI=1S/C41H30N4O4.Pt/c1-41(2,3)23-19-35(45(4)31-15-9-8-14-30(31)44-29-13-7-6-12-28(29)42-40(44)45)43-36(20-23)47-24-17-18-33-27(21-24)37-34(48-33)22-26-25-11-5-10-16-32(25)49-39(26)38(37)46;/h5-20,22,46H,1-4H3;. The van der Waals surface area contributed by atoms with Gasteiger partial charge in [0.15, 0.2) is 11.3 Å². The first-order valence-electron chi connectivity index (χ1n) is 16.3. The zero-order valence-corrected chi connectivity index (χ0v) is 29.9. The molecule has 50 heavy (non-hydrogen) atoms. The Bertz CT molecular complexity index is 2840. The summed E-state index contributed by atoms with van der Waals surface area (Å²) in [6.45, 7) is 6.54. The summed E-state index contributed by atoms with van der Waals surface area (Å²) in [4.78, 5) is 10.3. The summed E-state index contributed by atoms with van der Waals surface area (Å²) in [5.41, 5.74) is 7.23. The number of rotatable bonds is 3. The van der Waals surface area contributed by atoms with Crippen molar-refractivity contribution in [1.82, 2.24) is 19.0 Å². The number of pyridine rings is 1. The van der Waals surface area contributed by atoms with E-state index >= 15 is 0 Å². The predicted octanol–water partition coefficient (Wildman–Crippen LogP) is 10.7. The van der Waals surface area contributed by atoms with Gasteiger partial charge in [-0.15, -0.1) is 0 Å². The van der Waals surface area contributed by atoms with Crippen LogP contribution >= 0.6 is 0 Å². The molecule has 0 spiro atoms. The molecule has 0 bridgehead atoms. The van der Waals surface area contributed by atoms with Gasteiger partial charge in [0.2, 0.25) is 11.7 Å². The third-order valence-electron chi connectivity index (χ3n) is 9.83. The Morgan fingerprint density at radius 2 is 1.58 bits per heavy atom. The largest absolute Gasteiger partial charge is 0.513 e. The summed E-state index contributed by atoms with van der Waals surface area (Å²) in [6.07, 6.45) is 0. The van der Waals surface area contributed by atoms with Gasteiger partial charge < -0.3 is 18.7 Å². The van der Waals surface area contributed by atoms with Crippen LogP contribution in [0.1, 0.15) is 26.3 Å². The number of phenols is 1. The fourth-order valence-electron chi connectivity index (χ4n) is 7.28. The maximum absolute atomic E-state index is 11.5. The van der Waals surface area contributed by atoms with Crippen LogP contribution in [-0.4, -0.2) is 26.7 Å². The summed E-state index contributed by atoms with van der Waals surface area (Å²) in [6, 6.07) is 37.4. The third-order valence-corrected chi connectivity index (χ3v) is 9.83. The first-order valence-corrected chi connectivity index (χ1v) is 16.3. The minimum absolute atomic E-state index is 0. The van der Waals surface area contributed by atoms with Crippen molar-refractivity contribution in [3.8, 4) is 23.1 Å². The van der Waals surface area contributed by atoms with Gasteiger partial charge in [-0.25, -0.2) is 4.57 Å². The maximum Gasteiger partial charge on any atom is 0.326 e. The average Bonchev–Trinajstić information content (AvgIpc) is 3.84. The van der Waals surface area contributed by atoms with Crippen LogP contribution < -0.4 is 9.22 Å². The normalized spacial score (nSPS) is 15.6. The maximum atomic E-state index is 11.5. The van der Waals surface area contributed by atoms with Gasteiger partial charge in [-0.1, -0.05) is 86.8 Å². The van der Waals surface area contributed by atoms with Crippen molar-refractivity contribution in [3.63, 3.8) is 0 Å². The van der Waals surface area contributed by atoms with Crippen LogP contribution in [0.2, 0.25) is 0 Å². The fraction of sp³-hybridized carbons (Fsp3) is 0.122. The molecule has 1 unspecified atom stereocenters. The number of ether oxygens (including phenoxy) is 1. The first-order chi connectivity index (χ1) is 23.7. The molecular weight excluding hydrogens is 808 g/mol. The Balaban J connectivity index is 0.00000336. The molecular formula is C41H30N4O4Pt. The molecule has 9 aromatic rings. The van der Waals surface area contributed by atoms with Crippen molar-refractivity contribution in [2.45, 2.75) is 26.2 Å². The van der Waals surface area contributed by atoms with E-state index in [-0.39, 0.29) is 36.7 Å². The second-order valence-corrected chi connectivity index (χ2v) is 13.9. The molecule has 1 atom stereocenters. The number of aromatic hydroxyl groups is 1. The average molecular weight is 838 g/mol. The van der Waals surface area contributed by atoms with Gasteiger partial charge in [0.1, 0.15) is 17.0 Å². The SMILES string of the molecule is CC(C)(C)c1cc(Oc2[c-]c3c(cc2)oc2cc4c(oc5ccccc54)c(O)c23)nc([N+]2(C)c3ccccc3-n3c2nc2ccccc23)c1.[Pt]. The molecule has 0 saturated carbocycles. The zero-order valence-electron chi connectivity index (χ0n) is 27.6. The molecule has 5 aromatic carbocycles. The molecule has 1 aliphatic rings. The number of aromatic nitrogens is 3. The first kappa shape index (κ1) is 30.6. The van der Waals surface area contributed by atoms with Crippen molar-refractivity contribution in [3.05, 3.63) is 115 Å². The minimum atomic E-state index is -0.202. The number of hydrogen-bond acceptors (Lipinski definition) is 6. The van der Waals surface area contributed by atoms with E-state index in [0.29, 0.717) is 44.7 Å². The second kappa shape index (κ2) is 10.5. The molecule has 1 aliphatic heterocycles. The Morgan fingerprint density at radius 1 is 0.800 bits per heavy atom. The van der Waals surface area contributed by atoms with E-state index in [2.05, 4.69) is 74.9 Å². The van der Waals surface area contributed by atoms with Gasteiger partial charge in [-0.3, -0.25) is 0 Å². The van der Waals surface area contributed by atoms with Crippen molar-refractivity contribution < 1.29 is 39.7 Å². The van der Waals surface area contributed by atoms with Crippen molar-refractivity contribution in [1.29, 1.82) is 0 Å². The second-order valence-electron chi connectivity index (χ2n) is 13.9. The van der Waals surface area contributed by atoms with E-state index < -0.39 is 0 Å². The van der Waals surface area contributed by atoms with Gasteiger partial charge in [-0.2, -0.15) is 14.5 Å². The summed E-state index contributed by atoms with van der Waals surface area (Å²) in [5.74, 6) is 2.53. The Morgan fingerprint density at radius 3 is 2.44 bits per heavy atom. The number of nitrogens with zero attached hydrogens (tertiary/aromatic N) is 4. The third kappa shape index (κ3) is 4.19. The predicted molar refractivity (Wildman–Crippen MR) is 193 cm³/mol. The molecule has 0 radical (unpaired) electrons. The van der Waals surface area contributed by atoms with Crippen LogP contribution in [-0.2, 0) is 26.5 Å². The number of imidazole rings is 1. The van der Waals surface area contributed by atoms with E-state index in [9.17, 15) is 5.11 Å². The Hall–Kier alpha value is -5.43. The van der Waals surface area contributed by atoms with Gasteiger partial charge in [0, 0.05) is 61.4 Å². The molecule has 8 nitrogen and oxygen atoms in total.